The first-order chi connectivity index (χ1) is 12.1. The monoisotopic (exact) mass is 354 g/mol. The van der Waals surface area contributed by atoms with Gasteiger partial charge in [-0.2, -0.15) is 4.73 Å². The summed E-state index contributed by atoms with van der Waals surface area (Å²) in [6.45, 7) is 0. The summed E-state index contributed by atoms with van der Waals surface area (Å²) in [7, 11) is 0. The minimum absolute atomic E-state index is 0.101. The van der Waals surface area contributed by atoms with Crippen molar-refractivity contribution in [2.24, 2.45) is 0 Å². The second kappa shape index (κ2) is 6.11. The number of carbonyl (C=O) groups is 2. The average molecular weight is 354 g/mol. The molecule has 2 aliphatic rings. The summed E-state index contributed by atoms with van der Waals surface area (Å²) in [5, 5.41) is 0. The van der Waals surface area contributed by atoms with E-state index in [-0.39, 0.29) is 11.9 Å². The molecule has 1 amide bonds. The van der Waals surface area contributed by atoms with Crippen molar-refractivity contribution in [2.75, 3.05) is 0 Å². The van der Waals surface area contributed by atoms with Gasteiger partial charge in [-0.25, -0.2) is 4.79 Å². The molecule has 2 bridgehead atoms. The Balaban J connectivity index is 1.65. The standard InChI is InChI=1S/C19H18N2O3S/c22-17(14-6-2-1-3-7-14)21-15-9-11-19(21,12-10-15)18(23)24-20-13-5-4-8-16(20)25/h1-8,13,15H,9-12H2. The summed E-state index contributed by atoms with van der Waals surface area (Å²) in [6, 6.07) is 14.4. The lowest BCUT2D eigenvalue weighted by Crippen LogP contribution is -2.53. The summed E-state index contributed by atoms with van der Waals surface area (Å²) < 4.78 is 1.71. The van der Waals surface area contributed by atoms with Crippen molar-refractivity contribution in [3.05, 3.63) is 64.9 Å². The van der Waals surface area contributed by atoms with E-state index in [4.69, 9.17) is 17.1 Å². The third kappa shape index (κ3) is 2.57. The number of rotatable bonds is 3. The first-order valence-corrected chi connectivity index (χ1v) is 8.82. The lowest BCUT2D eigenvalue weighted by molar-refractivity contribution is -0.155. The Bertz CT molecular complexity index is 869. The highest BCUT2D eigenvalue weighted by Gasteiger charge is 2.59. The van der Waals surface area contributed by atoms with Crippen molar-refractivity contribution < 1.29 is 14.4 Å². The van der Waals surface area contributed by atoms with E-state index in [2.05, 4.69) is 0 Å². The molecular formula is C19H18N2O3S. The van der Waals surface area contributed by atoms with Crippen molar-refractivity contribution in [3.63, 3.8) is 0 Å². The molecule has 1 aromatic heterocycles. The third-order valence-corrected chi connectivity index (χ3v) is 5.51. The van der Waals surface area contributed by atoms with Crippen LogP contribution in [0.4, 0.5) is 0 Å². The Hall–Kier alpha value is -2.47. The molecule has 2 saturated heterocycles. The van der Waals surface area contributed by atoms with Gasteiger partial charge < -0.3 is 9.74 Å². The highest BCUT2D eigenvalue weighted by molar-refractivity contribution is 7.71. The summed E-state index contributed by atoms with van der Waals surface area (Å²) in [6.07, 6.45) is 4.54. The van der Waals surface area contributed by atoms with Gasteiger partial charge in [0.05, 0.1) is 0 Å². The molecule has 0 saturated carbocycles. The van der Waals surface area contributed by atoms with Gasteiger partial charge >= 0.3 is 5.97 Å². The van der Waals surface area contributed by atoms with Crippen LogP contribution in [0.1, 0.15) is 36.0 Å². The first-order valence-electron chi connectivity index (χ1n) is 8.41. The van der Waals surface area contributed by atoms with Crippen LogP contribution >= 0.6 is 12.2 Å². The summed E-state index contributed by atoms with van der Waals surface area (Å²) in [5.41, 5.74) is -0.285. The SMILES string of the molecule is O=C(c1ccccc1)N1C2CCC1(C(=O)On1ccccc1=S)CC2. The van der Waals surface area contributed by atoms with Gasteiger partial charge in [0, 0.05) is 17.8 Å². The maximum atomic E-state index is 13.0. The predicted molar refractivity (Wildman–Crippen MR) is 94.5 cm³/mol. The van der Waals surface area contributed by atoms with E-state index in [1.54, 1.807) is 41.4 Å². The molecule has 3 heterocycles. The maximum Gasteiger partial charge on any atom is 0.358 e. The molecule has 0 spiro atoms. The lowest BCUT2D eigenvalue weighted by atomic mass is 9.88. The van der Waals surface area contributed by atoms with Crippen molar-refractivity contribution in [1.29, 1.82) is 0 Å². The van der Waals surface area contributed by atoms with Crippen LogP contribution in [0.25, 0.3) is 0 Å². The largest absolute Gasteiger partial charge is 0.358 e. The molecule has 4 rings (SSSR count). The molecule has 1 aromatic carbocycles. The number of nitrogens with zero attached hydrogens (tertiary/aromatic N) is 2. The van der Waals surface area contributed by atoms with Gasteiger partial charge in [0.2, 0.25) is 0 Å². The van der Waals surface area contributed by atoms with Crippen LogP contribution < -0.4 is 4.84 Å². The quantitative estimate of drug-likeness (QED) is 0.795. The van der Waals surface area contributed by atoms with Crippen molar-refractivity contribution in [3.8, 4) is 0 Å². The van der Waals surface area contributed by atoms with E-state index in [9.17, 15) is 9.59 Å². The van der Waals surface area contributed by atoms with Gasteiger partial charge in [-0.1, -0.05) is 36.5 Å². The van der Waals surface area contributed by atoms with Crippen LogP contribution in [0.3, 0.4) is 0 Å². The zero-order valence-corrected chi connectivity index (χ0v) is 14.4. The summed E-state index contributed by atoms with van der Waals surface area (Å²) in [4.78, 5) is 33.3. The Labute approximate surface area is 150 Å². The highest BCUT2D eigenvalue weighted by Crippen LogP contribution is 2.47. The molecule has 2 aromatic rings. The topological polar surface area (TPSA) is 51.5 Å². The van der Waals surface area contributed by atoms with E-state index in [1.807, 2.05) is 18.2 Å². The molecule has 0 atom stereocenters. The molecule has 25 heavy (non-hydrogen) atoms. The van der Waals surface area contributed by atoms with Crippen LogP contribution in [0.15, 0.2) is 54.7 Å². The van der Waals surface area contributed by atoms with Crippen LogP contribution in [0.2, 0.25) is 0 Å². The molecular weight excluding hydrogens is 336 g/mol. The highest BCUT2D eigenvalue weighted by atomic mass is 32.1. The molecule has 0 N–H and O–H groups in total. The number of hydrogen-bond donors (Lipinski definition) is 0. The fourth-order valence-corrected chi connectivity index (χ4v) is 4.15. The van der Waals surface area contributed by atoms with E-state index in [0.717, 1.165) is 12.8 Å². The Morgan fingerprint density at radius 3 is 2.40 bits per heavy atom. The zero-order chi connectivity index (χ0) is 17.4. The molecule has 6 heteroatoms. The van der Waals surface area contributed by atoms with Crippen LogP contribution in [0, 0.1) is 4.64 Å². The minimum Gasteiger partial charge on any atom is -0.333 e. The van der Waals surface area contributed by atoms with E-state index in [1.165, 1.54) is 4.73 Å². The van der Waals surface area contributed by atoms with Gasteiger partial charge in [-0.05, 0) is 49.9 Å². The molecule has 2 aliphatic heterocycles. The zero-order valence-electron chi connectivity index (χ0n) is 13.6. The van der Waals surface area contributed by atoms with E-state index in [0.29, 0.717) is 23.0 Å². The minimum atomic E-state index is -0.887. The summed E-state index contributed by atoms with van der Waals surface area (Å²) >= 11 is 5.19. The fourth-order valence-electron chi connectivity index (χ4n) is 3.97. The van der Waals surface area contributed by atoms with Crippen molar-refractivity contribution in [2.45, 2.75) is 37.3 Å². The normalized spacial score (nSPS) is 24.3. The van der Waals surface area contributed by atoms with E-state index < -0.39 is 11.5 Å². The number of benzene rings is 1. The van der Waals surface area contributed by atoms with Crippen LogP contribution in [-0.2, 0) is 4.79 Å². The Kier molecular flexibility index (Phi) is 3.92. The predicted octanol–water partition coefficient (Wildman–Crippen LogP) is 3.01. The number of pyridine rings is 1. The number of carbonyl (C=O) groups excluding carboxylic acids is 2. The van der Waals surface area contributed by atoms with Crippen LogP contribution in [0.5, 0.6) is 0 Å². The van der Waals surface area contributed by atoms with Gasteiger partial charge in [0.25, 0.3) is 5.91 Å². The van der Waals surface area contributed by atoms with Crippen molar-refractivity contribution in [1.82, 2.24) is 9.63 Å². The van der Waals surface area contributed by atoms with Gasteiger partial charge in [0.1, 0.15) is 10.2 Å². The van der Waals surface area contributed by atoms with Crippen LogP contribution in [-0.4, -0.2) is 33.1 Å². The molecule has 128 valence electrons. The Morgan fingerprint density at radius 1 is 1.04 bits per heavy atom. The third-order valence-electron chi connectivity index (χ3n) is 5.20. The Morgan fingerprint density at radius 2 is 1.72 bits per heavy atom. The van der Waals surface area contributed by atoms with Gasteiger partial charge in [-0.15, -0.1) is 0 Å². The smallest absolute Gasteiger partial charge is 0.333 e. The van der Waals surface area contributed by atoms with Crippen molar-refractivity contribution >= 4 is 24.1 Å². The lowest BCUT2D eigenvalue weighted by Gasteiger charge is -2.32. The molecule has 0 aliphatic carbocycles. The number of aromatic nitrogens is 1. The number of amides is 1. The summed E-state index contributed by atoms with van der Waals surface area (Å²) in [5.74, 6) is -0.506. The van der Waals surface area contributed by atoms with Gasteiger partial charge in [-0.3, -0.25) is 4.79 Å². The van der Waals surface area contributed by atoms with Gasteiger partial charge in [0.15, 0.2) is 0 Å². The molecule has 0 unspecified atom stereocenters. The molecule has 2 fully saturated rings. The second-order valence-corrected chi connectivity index (χ2v) is 6.97. The fraction of sp³-hybridized carbons (Fsp3) is 0.316. The maximum absolute atomic E-state index is 13.0. The molecule has 5 nitrogen and oxygen atoms in total. The molecule has 0 radical (unpaired) electrons. The average Bonchev–Trinajstić information content (AvgIpc) is 3.20. The number of hydrogen-bond acceptors (Lipinski definition) is 4. The van der Waals surface area contributed by atoms with E-state index >= 15 is 0 Å². The first kappa shape index (κ1) is 16.0. The number of fused-ring (bicyclic) bond motifs is 2. The second-order valence-electron chi connectivity index (χ2n) is 6.55.